The molecule has 0 aliphatic carbocycles. The van der Waals surface area contributed by atoms with E-state index in [4.69, 9.17) is 14.2 Å². The largest absolute Gasteiger partial charge is 0.462 e. The van der Waals surface area contributed by atoms with Crippen molar-refractivity contribution < 1.29 is 28.6 Å². The van der Waals surface area contributed by atoms with Crippen LogP contribution in [-0.4, -0.2) is 37.2 Å². The van der Waals surface area contributed by atoms with Crippen molar-refractivity contribution in [2.24, 2.45) is 0 Å². The van der Waals surface area contributed by atoms with Crippen LogP contribution < -0.4 is 0 Å². The van der Waals surface area contributed by atoms with Crippen molar-refractivity contribution in [2.75, 3.05) is 13.2 Å². The molecular weight excluding hydrogens is 673 g/mol. The van der Waals surface area contributed by atoms with Gasteiger partial charge < -0.3 is 14.2 Å². The van der Waals surface area contributed by atoms with Gasteiger partial charge >= 0.3 is 17.9 Å². The molecule has 6 heteroatoms. The van der Waals surface area contributed by atoms with Crippen LogP contribution >= 0.6 is 0 Å². The van der Waals surface area contributed by atoms with Crippen LogP contribution in [0.2, 0.25) is 0 Å². The zero-order valence-corrected chi connectivity index (χ0v) is 35.2. The predicted octanol–water partition coefficient (Wildman–Crippen LogP) is 14.1. The van der Waals surface area contributed by atoms with E-state index in [1.807, 2.05) is 12.2 Å². The summed E-state index contributed by atoms with van der Waals surface area (Å²) in [7, 11) is 0. The van der Waals surface area contributed by atoms with Crippen molar-refractivity contribution in [3.05, 3.63) is 60.8 Å². The van der Waals surface area contributed by atoms with Gasteiger partial charge in [0.25, 0.3) is 0 Å². The van der Waals surface area contributed by atoms with E-state index in [0.717, 1.165) is 70.6 Å². The van der Waals surface area contributed by atoms with Crippen molar-refractivity contribution >= 4 is 17.9 Å². The summed E-state index contributed by atoms with van der Waals surface area (Å²) in [6.45, 7) is 6.41. The van der Waals surface area contributed by atoms with Crippen LogP contribution in [0.1, 0.15) is 207 Å². The number of hydrogen-bond donors (Lipinski definition) is 0. The summed E-state index contributed by atoms with van der Waals surface area (Å²) in [6, 6.07) is 0. The second-order valence-corrected chi connectivity index (χ2v) is 14.6. The first-order valence-electron chi connectivity index (χ1n) is 22.3. The molecule has 0 N–H and O–H groups in total. The van der Waals surface area contributed by atoms with E-state index in [0.29, 0.717) is 19.3 Å². The van der Waals surface area contributed by atoms with Gasteiger partial charge in [-0.1, -0.05) is 197 Å². The summed E-state index contributed by atoms with van der Waals surface area (Å²) in [4.78, 5) is 37.6. The summed E-state index contributed by atoms with van der Waals surface area (Å²) in [5.74, 6) is -0.988. The molecule has 0 saturated heterocycles. The van der Waals surface area contributed by atoms with E-state index < -0.39 is 6.10 Å². The topological polar surface area (TPSA) is 78.9 Å². The summed E-state index contributed by atoms with van der Waals surface area (Å²) in [5.41, 5.74) is 0. The molecule has 0 amide bonds. The molecule has 0 aromatic carbocycles. The molecule has 1 atom stereocenters. The minimum Gasteiger partial charge on any atom is -0.462 e. The van der Waals surface area contributed by atoms with Crippen LogP contribution in [0.4, 0.5) is 0 Å². The van der Waals surface area contributed by atoms with Gasteiger partial charge in [0.1, 0.15) is 13.2 Å². The lowest BCUT2D eigenvalue weighted by atomic mass is 10.1. The van der Waals surface area contributed by atoms with E-state index in [1.54, 1.807) is 0 Å². The molecular formula is C48H82O6. The van der Waals surface area contributed by atoms with Gasteiger partial charge in [0, 0.05) is 19.3 Å². The van der Waals surface area contributed by atoms with Gasteiger partial charge in [0.05, 0.1) is 0 Å². The molecule has 54 heavy (non-hydrogen) atoms. The predicted molar refractivity (Wildman–Crippen MR) is 228 cm³/mol. The zero-order chi connectivity index (χ0) is 39.4. The normalized spacial score (nSPS) is 12.6. The van der Waals surface area contributed by atoms with Crippen molar-refractivity contribution in [2.45, 2.75) is 213 Å². The maximum atomic E-state index is 12.7. The van der Waals surface area contributed by atoms with Gasteiger partial charge in [-0.3, -0.25) is 14.4 Å². The first-order valence-corrected chi connectivity index (χ1v) is 22.3. The summed E-state index contributed by atoms with van der Waals surface area (Å²) in [6.07, 6.45) is 50.7. The molecule has 0 rings (SSSR count). The van der Waals surface area contributed by atoms with E-state index in [2.05, 4.69) is 69.4 Å². The number of rotatable bonds is 39. The monoisotopic (exact) mass is 755 g/mol. The molecule has 0 bridgehead atoms. The first-order chi connectivity index (χ1) is 26.5. The van der Waals surface area contributed by atoms with Crippen LogP contribution in [0.15, 0.2) is 60.8 Å². The summed E-state index contributed by atoms with van der Waals surface area (Å²) < 4.78 is 16.6. The second-order valence-electron chi connectivity index (χ2n) is 14.6. The van der Waals surface area contributed by atoms with Crippen molar-refractivity contribution in [3.8, 4) is 0 Å². The molecule has 0 saturated carbocycles. The van der Waals surface area contributed by atoms with E-state index in [-0.39, 0.29) is 37.5 Å². The Hall–Kier alpha value is -2.89. The Balaban J connectivity index is 4.46. The number of hydrogen-bond acceptors (Lipinski definition) is 6. The lowest BCUT2D eigenvalue weighted by Gasteiger charge is -2.18. The Morgan fingerprint density at radius 2 is 0.722 bits per heavy atom. The molecule has 0 aliphatic rings. The van der Waals surface area contributed by atoms with Crippen molar-refractivity contribution in [3.63, 3.8) is 0 Å². The smallest absolute Gasteiger partial charge is 0.306 e. The number of unbranched alkanes of at least 4 members (excludes halogenated alkanes) is 18. The third-order valence-corrected chi connectivity index (χ3v) is 9.30. The van der Waals surface area contributed by atoms with Gasteiger partial charge in [-0.15, -0.1) is 0 Å². The van der Waals surface area contributed by atoms with Gasteiger partial charge in [-0.05, 0) is 51.4 Å². The Labute approximate surface area is 332 Å². The third-order valence-electron chi connectivity index (χ3n) is 9.30. The van der Waals surface area contributed by atoms with Gasteiger partial charge in [0.15, 0.2) is 6.10 Å². The van der Waals surface area contributed by atoms with Crippen molar-refractivity contribution in [1.29, 1.82) is 0 Å². The Morgan fingerprint density at radius 3 is 1.13 bits per heavy atom. The molecule has 0 heterocycles. The summed E-state index contributed by atoms with van der Waals surface area (Å²) >= 11 is 0. The Morgan fingerprint density at radius 1 is 0.389 bits per heavy atom. The maximum Gasteiger partial charge on any atom is 0.306 e. The van der Waals surface area contributed by atoms with Crippen LogP contribution in [0, 0.1) is 0 Å². The average molecular weight is 755 g/mol. The second kappa shape index (κ2) is 42.8. The summed E-state index contributed by atoms with van der Waals surface area (Å²) in [5, 5.41) is 0. The fraction of sp³-hybridized carbons (Fsp3) is 0.729. The van der Waals surface area contributed by atoms with E-state index in [1.165, 1.54) is 89.9 Å². The lowest BCUT2D eigenvalue weighted by Crippen LogP contribution is -2.30. The Bertz CT molecular complexity index is 1010. The van der Waals surface area contributed by atoms with E-state index in [9.17, 15) is 14.4 Å². The standard InChI is InChI=1S/C48H82O6/c1-4-7-10-13-16-19-21-22-23-24-25-27-29-32-35-38-41-47(50)53-44-45(43-52-46(49)40-37-34-31-28-18-15-12-9-6-3)54-48(51)42-39-36-33-30-26-20-17-14-11-8-5-2/h7,10,16,19,22-23,25,27,32,35,45H,4-6,8-9,11-15,17-18,20-21,24,26,28-31,33-34,36-44H2,1-3H3/b10-7-,19-16-,23-22-,27-25-,35-32-. The lowest BCUT2D eigenvalue weighted by molar-refractivity contribution is -0.166. The molecule has 0 spiro atoms. The zero-order valence-electron chi connectivity index (χ0n) is 35.2. The highest BCUT2D eigenvalue weighted by atomic mass is 16.6. The maximum absolute atomic E-state index is 12.7. The highest BCUT2D eigenvalue weighted by Gasteiger charge is 2.19. The minimum atomic E-state index is -0.796. The van der Waals surface area contributed by atoms with Crippen LogP contribution in [0.3, 0.4) is 0 Å². The highest BCUT2D eigenvalue weighted by Crippen LogP contribution is 2.14. The van der Waals surface area contributed by atoms with Crippen LogP contribution in [0.5, 0.6) is 0 Å². The molecule has 1 unspecified atom stereocenters. The molecule has 0 aromatic rings. The van der Waals surface area contributed by atoms with Gasteiger partial charge in [-0.2, -0.15) is 0 Å². The van der Waals surface area contributed by atoms with E-state index >= 15 is 0 Å². The first kappa shape index (κ1) is 51.1. The molecule has 0 fully saturated rings. The molecule has 0 aliphatic heterocycles. The number of ether oxygens (including phenoxy) is 3. The van der Waals surface area contributed by atoms with Gasteiger partial charge in [0.2, 0.25) is 0 Å². The fourth-order valence-electron chi connectivity index (χ4n) is 5.96. The molecule has 0 aromatic heterocycles. The molecule has 310 valence electrons. The highest BCUT2D eigenvalue weighted by molar-refractivity contribution is 5.71. The number of carbonyl (C=O) groups excluding carboxylic acids is 3. The number of carbonyl (C=O) groups is 3. The third kappa shape index (κ3) is 40.3. The fourth-order valence-corrected chi connectivity index (χ4v) is 5.96. The quantitative estimate of drug-likeness (QED) is 0.0269. The van der Waals surface area contributed by atoms with Gasteiger partial charge in [-0.25, -0.2) is 0 Å². The molecule has 0 radical (unpaired) electrons. The average Bonchev–Trinajstić information content (AvgIpc) is 3.17. The number of allylic oxidation sites excluding steroid dienone is 10. The van der Waals surface area contributed by atoms with Crippen LogP contribution in [-0.2, 0) is 28.6 Å². The Kier molecular flexibility index (Phi) is 40.6. The molecule has 6 nitrogen and oxygen atoms in total. The SMILES string of the molecule is CC/C=C\C/C=C\C/C=C\C/C=C\C/C=C\CCC(=O)OCC(COC(=O)CCCCCCCCCCC)OC(=O)CCCCCCCCCCCCC. The van der Waals surface area contributed by atoms with Crippen LogP contribution in [0.25, 0.3) is 0 Å². The van der Waals surface area contributed by atoms with Crippen molar-refractivity contribution in [1.82, 2.24) is 0 Å². The number of esters is 3. The minimum absolute atomic E-state index is 0.0949.